The van der Waals surface area contributed by atoms with E-state index in [4.69, 9.17) is 0 Å². The second kappa shape index (κ2) is 8.25. The summed E-state index contributed by atoms with van der Waals surface area (Å²) >= 11 is 0. The Bertz CT molecular complexity index is 189. The second-order valence-corrected chi connectivity index (χ2v) is 3.76. The van der Waals surface area contributed by atoms with E-state index in [0.717, 1.165) is 32.2 Å². The van der Waals surface area contributed by atoms with Gasteiger partial charge in [-0.2, -0.15) is 0 Å². The highest BCUT2D eigenvalue weighted by Crippen LogP contribution is 2.21. The Morgan fingerprint density at radius 1 is 0.800 bits per heavy atom. The van der Waals surface area contributed by atoms with E-state index in [-0.39, 0.29) is 5.54 Å². The number of nitrogens with one attached hydrogen (secondary N) is 1. The van der Waals surface area contributed by atoms with Crippen LogP contribution in [0, 0.1) is 0 Å². The lowest BCUT2D eigenvalue weighted by Gasteiger charge is -2.32. The predicted octanol–water partition coefficient (Wildman–Crippen LogP) is 3.62. The van der Waals surface area contributed by atoms with Crippen molar-refractivity contribution in [3.05, 3.63) is 50.6 Å². The van der Waals surface area contributed by atoms with Gasteiger partial charge in [0.05, 0.1) is 0 Å². The Morgan fingerprint density at radius 2 is 1.27 bits per heavy atom. The lowest BCUT2D eigenvalue weighted by molar-refractivity contribution is 0.335. The normalized spacial score (nSPS) is 10.7. The summed E-state index contributed by atoms with van der Waals surface area (Å²) in [5.74, 6) is 0. The highest BCUT2D eigenvalue weighted by Gasteiger charge is 2.24. The van der Waals surface area contributed by atoms with Gasteiger partial charge in [0, 0.05) is 5.54 Å². The minimum absolute atomic E-state index is 0.0499. The summed E-state index contributed by atoms with van der Waals surface area (Å²) < 4.78 is 0. The van der Waals surface area contributed by atoms with E-state index in [9.17, 15) is 0 Å². The van der Waals surface area contributed by atoms with Crippen molar-refractivity contribution in [2.24, 2.45) is 0 Å². The van der Waals surface area contributed by atoms with Gasteiger partial charge >= 0.3 is 0 Å². The van der Waals surface area contributed by atoms with Gasteiger partial charge in [-0.3, -0.25) is 0 Å². The molecule has 0 bridgehead atoms. The SMILES string of the molecule is C=CCCNC(CC=C)(CC=C)CC=C. The second-order valence-electron chi connectivity index (χ2n) is 3.76. The number of hydrogen-bond acceptors (Lipinski definition) is 1. The first-order chi connectivity index (χ1) is 7.24. The monoisotopic (exact) mass is 205 g/mol. The van der Waals surface area contributed by atoms with Gasteiger partial charge < -0.3 is 5.32 Å². The van der Waals surface area contributed by atoms with Crippen LogP contribution in [0.3, 0.4) is 0 Å². The third kappa shape index (κ3) is 5.38. The predicted molar refractivity (Wildman–Crippen MR) is 70.0 cm³/mol. The molecule has 0 saturated carbocycles. The molecule has 1 nitrogen and oxygen atoms in total. The molecule has 0 amide bonds. The molecule has 0 rings (SSSR count). The maximum Gasteiger partial charge on any atom is 0.0284 e. The topological polar surface area (TPSA) is 12.0 Å². The van der Waals surface area contributed by atoms with Crippen molar-refractivity contribution in [3.63, 3.8) is 0 Å². The van der Waals surface area contributed by atoms with Gasteiger partial charge in [-0.1, -0.05) is 24.3 Å². The first-order valence-corrected chi connectivity index (χ1v) is 5.43. The van der Waals surface area contributed by atoms with Crippen LogP contribution in [0.2, 0.25) is 0 Å². The van der Waals surface area contributed by atoms with Crippen LogP contribution in [-0.2, 0) is 0 Å². The molecule has 0 aromatic carbocycles. The zero-order valence-corrected chi connectivity index (χ0v) is 9.67. The molecule has 1 heteroatoms. The minimum atomic E-state index is 0.0499. The lowest BCUT2D eigenvalue weighted by atomic mass is 9.87. The largest absolute Gasteiger partial charge is 0.310 e. The molecule has 0 spiro atoms. The molecule has 84 valence electrons. The van der Waals surface area contributed by atoms with Crippen LogP contribution in [0.25, 0.3) is 0 Å². The van der Waals surface area contributed by atoms with Gasteiger partial charge in [0.2, 0.25) is 0 Å². The third-order valence-corrected chi connectivity index (χ3v) is 2.45. The van der Waals surface area contributed by atoms with Crippen molar-refractivity contribution in [3.8, 4) is 0 Å². The number of hydrogen-bond donors (Lipinski definition) is 1. The fraction of sp³-hybridized carbons (Fsp3) is 0.429. The van der Waals surface area contributed by atoms with Crippen molar-refractivity contribution in [1.82, 2.24) is 5.32 Å². The van der Waals surface area contributed by atoms with E-state index in [1.165, 1.54) is 0 Å². The van der Waals surface area contributed by atoms with E-state index >= 15 is 0 Å². The zero-order valence-electron chi connectivity index (χ0n) is 9.67. The summed E-state index contributed by atoms with van der Waals surface area (Å²) in [5.41, 5.74) is 0.0499. The molecule has 0 aliphatic rings. The van der Waals surface area contributed by atoms with E-state index in [0.29, 0.717) is 0 Å². The molecule has 0 aromatic rings. The average Bonchev–Trinajstić information content (AvgIpc) is 2.19. The molecular formula is C14H23N. The Kier molecular flexibility index (Phi) is 7.65. The highest BCUT2D eigenvalue weighted by molar-refractivity contribution is 5.02. The summed E-state index contributed by atoms with van der Waals surface area (Å²) in [4.78, 5) is 0. The molecular weight excluding hydrogens is 182 g/mol. The van der Waals surface area contributed by atoms with E-state index in [2.05, 4.69) is 31.6 Å². The van der Waals surface area contributed by atoms with Crippen LogP contribution in [0.4, 0.5) is 0 Å². The van der Waals surface area contributed by atoms with Crippen LogP contribution in [-0.4, -0.2) is 12.1 Å². The van der Waals surface area contributed by atoms with E-state index in [1.807, 2.05) is 24.3 Å². The van der Waals surface area contributed by atoms with Crippen LogP contribution in [0.5, 0.6) is 0 Å². The molecule has 0 heterocycles. The molecule has 0 fully saturated rings. The quantitative estimate of drug-likeness (QED) is 0.424. The standard InChI is InChI=1S/C14H23N/c1-5-9-13-15-14(10-6-2,11-7-3)12-8-4/h5-8,15H,1-4,9-13H2. The van der Waals surface area contributed by atoms with Crippen LogP contribution < -0.4 is 5.32 Å². The third-order valence-electron chi connectivity index (χ3n) is 2.45. The molecule has 15 heavy (non-hydrogen) atoms. The van der Waals surface area contributed by atoms with Crippen molar-refractivity contribution < 1.29 is 0 Å². The van der Waals surface area contributed by atoms with Crippen molar-refractivity contribution in [2.45, 2.75) is 31.2 Å². The smallest absolute Gasteiger partial charge is 0.0284 e. The van der Waals surface area contributed by atoms with Crippen molar-refractivity contribution in [1.29, 1.82) is 0 Å². The maximum absolute atomic E-state index is 3.81. The van der Waals surface area contributed by atoms with E-state index < -0.39 is 0 Å². The van der Waals surface area contributed by atoms with Gasteiger partial charge in [-0.15, -0.1) is 26.3 Å². The molecule has 0 aliphatic carbocycles. The fourth-order valence-corrected chi connectivity index (χ4v) is 1.73. The van der Waals surface area contributed by atoms with Crippen LogP contribution >= 0.6 is 0 Å². The molecule has 0 aliphatic heterocycles. The fourth-order valence-electron chi connectivity index (χ4n) is 1.73. The Hall–Kier alpha value is -1.08. The Labute approximate surface area is 94.3 Å². The first kappa shape index (κ1) is 13.9. The van der Waals surface area contributed by atoms with E-state index in [1.54, 1.807) is 0 Å². The average molecular weight is 205 g/mol. The molecule has 1 N–H and O–H groups in total. The maximum atomic E-state index is 3.81. The molecule has 0 aromatic heterocycles. The van der Waals surface area contributed by atoms with Gasteiger partial charge in [-0.25, -0.2) is 0 Å². The first-order valence-electron chi connectivity index (χ1n) is 5.43. The lowest BCUT2D eigenvalue weighted by Crippen LogP contribution is -2.44. The summed E-state index contributed by atoms with van der Waals surface area (Å²) in [6, 6.07) is 0. The van der Waals surface area contributed by atoms with Gasteiger partial charge in [0.1, 0.15) is 0 Å². The number of rotatable bonds is 10. The van der Waals surface area contributed by atoms with Gasteiger partial charge in [0.25, 0.3) is 0 Å². The highest BCUT2D eigenvalue weighted by atomic mass is 15.0. The van der Waals surface area contributed by atoms with Gasteiger partial charge in [0.15, 0.2) is 0 Å². The summed E-state index contributed by atoms with van der Waals surface area (Å²) in [7, 11) is 0. The Balaban J connectivity index is 4.43. The molecule has 0 radical (unpaired) electrons. The van der Waals surface area contributed by atoms with Crippen molar-refractivity contribution in [2.75, 3.05) is 6.54 Å². The van der Waals surface area contributed by atoms with Crippen molar-refractivity contribution >= 4 is 0 Å². The summed E-state index contributed by atoms with van der Waals surface area (Å²) in [6.45, 7) is 16.1. The molecule has 0 saturated heterocycles. The molecule has 0 unspecified atom stereocenters. The Morgan fingerprint density at radius 3 is 1.60 bits per heavy atom. The summed E-state index contributed by atoms with van der Waals surface area (Å²) in [5, 5.41) is 3.55. The van der Waals surface area contributed by atoms with Gasteiger partial charge in [-0.05, 0) is 32.2 Å². The summed E-state index contributed by atoms with van der Waals surface area (Å²) in [6.07, 6.45) is 11.6. The molecule has 0 atom stereocenters. The minimum Gasteiger partial charge on any atom is -0.310 e. The zero-order chi connectivity index (χ0) is 11.6. The van der Waals surface area contributed by atoms with Crippen LogP contribution in [0.15, 0.2) is 50.6 Å². The van der Waals surface area contributed by atoms with Crippen LogP contribution in [0.1, 0.15) is 25.7 Å².